The summed E-state index contributed by atoms with van der Waals surface area (Å²) in [5.74, 6) is 0. The van der Waals surface area contributed by atoms with E-state index in [9.17, 15) is 30.6 Å². The Bertz CT molecular complexity index is 383. The van der Waals surface area contributed by atoms with Crippen molar-refractivity contribution in [1.82, 2.24) is 0 Å². The lowest BCUT2D eigenvalue weighted by Gasteiger charge is -2.45. The molecule has 2 fully saturated rings. The van der Waals surface area contributed by atoms with E-state index in [1.807, 2.05) is 0 Å². The van der Waals surface area contributed by atoms with Crippen LogP contribution in [0.4, 0.5) is 0 Å². The molecule has 0 unspecified atom stereocenters. The van der Waals surface area contributed by atoms with Gasteiger partial charge in [-0.25, -0.2) is 0 Å². The van der Waals surface area contributed by atoms with E-state index in [2.05, 4.69) is 0 Å². The van der Waals surface area contributed by atoms with Crippen LogP contribution in [0.3, 0.4) is 0 Å². The van der Waals surface area contributed by atoms with Crippen LogP contribution in [0.15, 0.2) is 0 Å². The van der Waals surface area contributed by atoms with Crippen LogP contribution in [0.1, 0.15) is 0 Å². The monoisotopic (exact) mass is 341 g/mol. The molecule has 0 saturated carbocycles. The standard InChI is InChI=1S/C12H23NO10/c13-11-8(19)7(18)10(4(2-15)21-11)23-12-9(20)6(17)5(16)3(1-14)22-12/h3-12,14-20H,1-2,13H2/t3-,4-,5-,6+,7-,8-,9-,10-,11-,12+/m1/s1. The summed E-state index contributed by atoms with van der Waals surface area (Å²) < 4.78 is 15.6. The smallest absolute Gasteiger partial charge is 0.187 e. The Morgan fingerprint density at radius 3 is 1.91 bits per heavy atom. The Kier molecular flexibility index (Phi) is 6.27. The summed E-state index contributed by atoms with van der Waals surface area (Å²) in [4.78, 5) is 0. The number of aliphatic hydroxyl groups is 7. The van der Waals surface area contributed by atoms with Crippen molar-refractivity contribution in [3.8, 4) is 0 Å². The Hall–Kier alpha value is -0.440. The first-order valence-corrected chi connectivity index (χ1v) is 7.15. The zero-order valence-electron chi connectivity index (χ0n) is 12.1. The van der Waals surface area contributed by atoms with Gasteiger partial charge in [0, 0.05) is 0 Å². The zero-order valence-corrected chi connectivity index (χ0v) is 12.1. The summed E-state index contributed by atoms with van der Waals surface area (Å²) in [5.41, 5.74) is 5.46. The molecule has 10 atom stereocenters. The van der Waals surface area contributed by atoms with Gasteiger partial charge in [0.15, 0.2) is 6.29 Å². The van der Waals surface area contributed by atoms with E-state index in [-0.39, 0.29) is 0 Å². The second-order valence-electron chi connectivity index (χ2n) is 5.60. The van der Waals surface area contributed by atoms with Crippen LogP contribution in [0.2, 0.25) is 0 Å². The number of hydrogen-bond acceptors (Lipinski definition) is 11. The highest BCUT2D eigenvalue weighted by Crippen LogP contribution is 2.28. The highest BCUT2D eigenvalue weighted by atomic mass is 16.7. The van der Waals surface area contributed by atoms with E-state index in [0.717, 1.165) is 0 Å². The minimum absolute atomic E-state index is 0.598. The molecule has 2 aliphatic rings. The van der Waals surface area contributed by atoms with Crippen molar-refractivity contribution in [2.24, 2.45) is 5.73 Å². The molecule has 0 bridgehead atoms. The molecular formula is C12H23NO10. The molecule has 136 valence electrons. The van der Waals surface area contributed by atoms with Gasteiger partial charge in [0.2, 0.25) is 0 Å². The van der Waals surface area contributed by atoms with Crippen LogP contribution in [-0.4, -0.2) is 110 Å². The summed E-state index contributed by atoms with van der Waals surface area (Å²) in [6.07, 6.45) is -14.4. The summed E-state index contributed by atoms with van der Waals surface area (Å²) in [6.45, 7) is -1.25. The van der Waals surface area contributed by atoms with Gasteiger partial charge in [-0.1, -0.05) is 0 Å². The Morgan fingerprint density at radius 2 is 1.35 bits per heavy atom. The first-order valence-electron chi connectivity index (χ1n) is 7.15. The number of ether oxygens (including phenoxy) is 3. The van der Waals surface area contributed by atoms with Gasteiger partial charge in [0.05, 0.1) is 13.2 Å². The van der Waals surface area contributed by atoms with Gasteiger partial charge < -0.3 is 55.7 Å². The van der Waals surface area contributed by atoms with Gasteiger partial charge in [-0.2, -0.15) is 0 Å². The number of aliphatic hydroxyl groups excluding tert-OH is 7. The molecule has 23 heavy (non-hydrogen) atoms. The fraction of sp³-hybridized carbons (Fsp3) is 1.00. The van der Waals surface area contributed by atoms with Crippen LogP contribution >= 0.6 is 0 Å². The maximum Gasteiger partial charge on any atom is 0.187 e. The Labute approximate surface area is 131 Å². The topological polar surface area (TPSA) is 195 Å². The fourth-order valence-electron chi connectivity index (χ4n) is 2.62. The van der Waals surface area contributed by atoms with E-state index in [4.69, 9.17) is 25.1 Å². The van der Waals surface area contributed by atoms with Crippen molar-refractivity contribution < 1.29 is 50.0 Å². The molecule has 2 heterocycles. The first-order chi connectivity index (χ1) is 10.8. The minimum atomic E-state index is -1.69. The van der Waals surface area contributed by atoms with Crippen molar-refractivity contribution in [1.29, 1.82) is 0 Å². The van der Waals surface area contributed by atoms with Crippen molar-refractivity contribution in [3.05, 3.63) is 0 Å². The molecule has 0 aromatic heterocycles. The quantitative estimate of drug-likeness (QED) is 0.243. The Morgan fingerprint density at radius 1 is 0.739 bits per heavy atom. The van der Waals surface area contributed by atoms with Crippen LogP contribution in [0, 0.1) is 0 Å². The van der Waals surface area contributed by atoms with E-state index in [1.165, 1.54) is 0 Å². The van der Waals surface area contributed by atoms with Crippen molar-refractivity contribution >= 4 is 0 Å². The molecule has 0 aliphatic carbocycles. The van der Waals surface area contributed by atoms with Crippen molar-refractivity contribution in [3.63, 3.8) is 0 Å². The summed E-state index contributed by atoms with van der Waals surface area (Å²) in [6, 6.07) is 0. The second-order valence-corrected chi connectivity index (χ2v) is 5.60. The molecule has 0 spiro atoms. The maximum absolute atomic E-state index is 10.0. The third-order valence-electron chi connectivity index (χ3n) is 4.04. The molecular weight excluding hydrogens is 318 g/mol. The minimum Gasteiger partial charge on any atom is -0.394 e. The average molecular weight is 341 g/mol. The highest BCUT2D eigenvalue weighted by Gasteiger charge is 2.49. The normalized spacial score (nSPS) is 51.7. The average Bonchev–Trinajstić information content (AvgIpc) is 2.55. The summed E-state index contributed by atoms with van der Waals surface area (Å²) in [5, 5.41) is 67.4. The van der Waals surface area contributed by atoms with E-state index in [0.29, 0.717) is 0 Å². The molecule has 2 rings (SSSR count). The summed E-state index contributed by atoms with van der Waals surface area (Å²) >= 11 is 0. The van der Waals surface area contributed by atoms with Crippen LogP contribution in [0.5, 0.6) is 0 Å². The predicted octanol–water partition coefficient (Wildman–Crippen LogP) is -5.43. The third kappa shape index (κ3) is 3.65. The molecule has 9 N–H and O–H groups in total. The van der Waals surface area contributed by atoms with Gasteiger partial charge in [0.25, 0.3) is 0 Å². The fourth-order valence-corrected chi connectivity index (χ4v) is 2.62. The van der Waals surface area contributed by atoms with Crippen LogP contribution in [-0.2, 0) is 14.2 Å². The lowest BCUT2D eigenvalue weighted by atomic mass is 9.96. The number of rotatable bonds is 4. The highest BCUT2D eigenvalue weighted by molar-refractivity contribution is 4.94. The molecule has 0 amide bonds. The molecule has 2 aliphatic heterocycles. The van der Waals surface area contributed by atoms with Gasteiger partial charge in [-0.05, 0) is 0 Å². The molecule has 0 radical (unpaired) electrons. The van der Waals surface area contributed by atoms with Crippen LogP contribution < -0.4 is 5.73 Å². The Balaban J connectivity index is 2.11. The first kappa shape index (κ1) is 18.9. The van der Waals surface area contributed by atoms with E-state index >= 15 is 0 Å². The SMILES string of the molecule is N[C@@H]1O[C@H](CO)[C@@H](O[C@@H]2O[C@H](CO)[C@@H](O)[C@H](O)[C@H]2O)[C@H](O)[C@H]1O. The predicted molar refractivity (Wildman–Crippen MR) is 70.6 cm³/mol. The second kappa shape index (κ2) is 7.63. The van der Waals surface area contributed by atoms with Crippen molar-refractivity contribution in [2.75, 3.05) is 13.2 Å². The maximum atomic E-state index is 10.0. The molecule has 0 aromatic rings. The number of hydrogen-bond donors (Lipinski definition) is 8. The summed E-state index contributed by atoms with van der Waals surface area (Å²) in [7, 11) is 0. The zero-order chi connectivity index (χ0) is 17.3. The lowest BCUT2D eigenvalue weighted by molar-refractivity contribution is -0.341. The molecule has 2 saturated heterocycles. The van der Waals surface area contributed by atoms with Gasteiger partial charge in [-0.15, -0.1) is 0 Å². The van der Waals surface area contributed by atoms with Gasteiger partial charge in [-0.3, -0.25) is 0 Å². The van der Waals surface area contributed by atoms with Crippen LogP contribution in [0.25, 0.3) is 0 Å². The van der Waals surface area contributed by atoms with Gasteiger partial charge in [0.1, 0.15) is 55.1 Å². The lowest BCUT2D eigenvalue weighted by Crippen LogP contribution is -2.65. The molecule has 11 heteroatoms. The third-order valence-corrected chi connectivity index (χ3v) is 4.04. The largest absolute Gasteiger partial charge is 0.394 e. The molecule has 0 aromatic carbocycles. The van der Waals surface area contributed by atoms with Gasteiger partial charge >= 0.3 is 0 Å². The molecule has 11 nitrogen and oxygen atoms in total. The van der Waals surface area contributed by atoms with E-state index in [1.54, 1.807) is 0 Å². The van der Waals surface area contributed by atoms with E-state index < -0.39 is 74.6 Å². The number of nitrogens with two attached hydrogens (primary N) is 1. The van der Waals surface area contributed by atoms with Crippen molar-refractivity contribution in [2.45, 2.75) is 61.3 Å².